The van der Waals surface area contributed by atoms with Gasteiger partial charge in [-0.2, -0.15) is 0 Å². The largest absolute Gasteiger partial charge is 0.338 e. The van der Waals surface area contributed by atoms with Crippen LogP contribution in [-0.2, 0) is 4.79 Å². The molecule has 1 aliphatic heterocycles. The molecule has 0 bridgehead atoms. The lowest BCUT2D eigenvalue weighted by Crippen LogP contribution is -2.52. The molecule has 0 radical (unpaired) electrons. The first-order valence-electron chi connectivity index (χ1n) is 6.57. The van der Waals surface area contributed by atoms with E-state index < -0.39 is 5.38 Å². The van der Waals surface area contributed by atoms with E-state index in [2.05, 4.69) is 0 Å². The van der Waals surface area contributed by atoms with Crippen LogP contribution in [0.3, 0.4) is 0 Å². The van der Waals surface area contributed by atoms with Gasteiger partial charge >= 0.3 is 0 Å². The van der Waals surface area contributed by atoms with Crippen LogP contribution in [0.2, 0.25) is 10.0 Å². The van der Waals surface area contributed by atoms with E-state index >= 15 is 0 Å². The maximum absolute atomic E-state index is 12.4. The highest BCUT2D eigenvalue weighted by Crippen LogP contribution is 2.23. The lowest BCUT2D eigenvalue weighted by atomic mass is 10.1. The molecule has 4 nitrogen and oxygen atoms in total. The molecule has 2 amide bonds. The molecule has 2 rings (SSSR count). The highest BCUT2D eigenvalue weighted by atomic mass is 35.5. The third-order valence-electron chi connectivity index (χ3n) is 3.39. The summed E-state index contributed by atoms with van der Waals surface area (Å²) in [5, 5.41) is 0.231. The van der Waals surface area contributed by atoms with E-state index in [4.69, 9.17) is 34.8 Å². The van der Waals surface area contributed by atoms with Crippen molar-refractivity contribution in [3.63, 3.8) is 0 Å². The molecule has 1 aliphatic rings. The quantitative estimate of drug-likeness (QED) is 0.770. The van der Waals surface area contributed by atoms with Crippen molar-refractivity contribution in [3.05, 3.63) is 33.8 Å². The van der Waals surface area contributed by atoms with Crippen LogP contribution in [0.1, 0.15) is 17.3 Å². The smallest absolute Gasteiger partial charge is 0.254 e. The molecule has 114 valence electrons. The third-order valence-corrected chi connectivity index (χ3v) is 4.31. The van der Waals surface area contributed by atoms with E-state index in [0.29, 0.717) is 41.8 Å². The van der Waals surface area contributed by atoms with Crippen molar-refractivity contribution in [1.29, 1.82) is 0 Å². The Balaban J connectivity index is 2.00. The highest BCUT2D eigenvalue weighted by molar-refractivity contribution is 6.42. The van der Waals surface area contributed by atoms with Gasteiger partial charge in [-0.3, -0.25) is 9.59 Å². The van der Waals surface area contributed by atoms with E-state index in [1.807, 2.05) is 0 Å². The number of carbonyl (C=O) groups excluding carboxylic acids is 2. The van der Waals surface area contributed by atoms with E-state index in [1.165, 1.54) is 0 Å². The number of carbonyl (C=O) groups is 2. The van der Waals surface area contributed by atoms with E-state index in [9.17, 15) is 9.59 Å². The Labute approximate surface area is 138 Å². The number of hydrogen-bond donors (Lipinski definition) is 0. The molecule has 0 saturated carbocycles. The minimum Gasteiger partial charge on any atom is -0.338 e. The number of amides is 2. The molecule has 7 heteroatoms. The van der Waals surface area contributed by atoms with Crippen molar-refractivity contribution in [1.82, 2.24) is 9.80 Å². The van der Waals surface area contributed by atoms with E-state index in [-0.39, 0.29) is 11.8 Å². The van der Waals surface area contributed by atoms with E-state index in [1.54, 1.807) is 34.9 Å². The van der Waals surface area contributed by atoms with Crippen molar-refractivity contribution >= 4 is 46.6 Å². The monoisotopic (exact) mass is 348 g/mol. The second kappa shape index (κ2) is 6.86. The van der Waals surface area contributed by atoms with Crippen molar-refractivity contribution in [3.8, 4) is 0 Å². The number of hydrogen-bond acceptors (Lipinski definition) is 2. The summed E-state index contributed by atoms with van der Waals surface area (Å²) in [6, 6.07) is 4.81. The molecular formula is C14H15Cl3N2O2. The Morgan fingerprint density at radius 3 is 2.14 bits per heavy atom. The van der Waals surface area contributed by atoms with Crippen molar-refractivity contribution in [2.45, 2.75) is 12.3 Å². The minimum atomic E-state index is -0.540. The SMILES string of the molecule is CC(Cl)C(=O)N1CCN(C(=O)c2ccc(Cl)c(Cl)c2)CC1. The van der Waals surface area contributed by atoms with Gasteiger partial charge in [-0.15, -0.1) is 11.6 Å². The average molecular weight is 350 g/mol. The molecule has 1 unspecified atom stereocenters. The molecule has 1 saturated heterocycles. The Kier molecular flexibility index (Phi) is 5.36. The maximum atomic E-state index is 12.4. The molecule has 1 aromatic rings. The zero-order valence-electron chi connectivity index (χ0n) is 11.5. The number of benzene rings is 1. The van der Waals surface area contributed by atoms with Crippen LogP contribution in [0.25, 0.3) is 0 Å². The lowest BCUT2D eigenvalue weighted by molar-refractivity contribution is -0.131. The van der Waals surface area contributed by atoms with Gasteiger partial charge in [0.25, 0.3) is 5.91 Å². The molecule has 0 aromatic heterocycles. The number of piperazine rings is 1. The van der Waals surface area contributed by atoms with Gasteiger partial charge in [-0.05, 0) is 25.1 Å². The summed E-state index contributed by atoms with van der Waals surface area (Å²) < 4.78 is 0. The topological polar surface area (TPSA) is 40.6 Å². The first-order chi connectivity index (χ1) is 9.90. The lowest BCUT2D eigenvalue weighted by Gasteiger charge is -2.35. The predicted octanol–water partition coefficient (Wildman–Crippen LogP) is 2.91. The minimum absolute atomic E-state index is 0.0988. The fourth-order valence-corrected chi connectivity index (χ4v) is 2.63. The Hall–Kier alpha value is -0.970. The molecule has 0 spiro atoms. The molecule has 1 heterocycles. The van der Waals surface area contributed by atoms with Crippen molar-refractivity contribution < 1.29 is 9.59 Å². The van der Waals surface area contributed by atoms with Crippen LogP contribution in [-0.4, -0.2) is 53.2 Å². The molecule has 1 fully saturated rings. The summed E-state index contributed by atoms with van der Waals surface area (Å²) >= 11 is 17.6. The standard InChI is InChI=1S/C14H15Cl3N2O2/c1-9(15)13(20)18-4-6-19(7-5-18)14(21)10-2-3-11(16)12(17)8-10/h2-3,8-9H,4-7H2,1H3. The molecular weight excluding hydrogens is 335 g/mol. The molecule has 1 aromatic carbocycles. The normalized spacial score (nSPS) is 16.8. The van der Waals surface area contributed by atoms with Crippen LogP contribution in [0.15, 0.2) is 18.2 Å². The van der Waals surface area contributed by atoms with Gasteiger partial charge in [0.05, 0.1) is 10.0 Å². The van der Waals surface area contributed by atoms with Crippen LogP contribution in [0.5, 0.6) is 0 Å². The molecule has 1 atom stereocenters. The number of nitrogens with zero attached hydrogens (tertiary/aromatic N) is 2. The van der Waals surface area contributed by atoms with Gasteiger partial charge in [0.2, 0.25) is 5.91 Å². The van der Waals surface area contributed by atoms with Crippen LogP contribution in [0.4, 0.5) is 0 Å². The van der Waals surface area contributed by atoms with Gasteiger partial charge in [0.15, 0.2) is 0 Å². The summed E-state index contributed by atoms with van der Waals surface area (Å²) in [6.07, 6.45) is 0. The summed E-state index contributed by atoms with van der Waals surface area (Å²) in [5.74, 6) is -0.210. The summed E-state index contributed by atoms with van der Waals surface area (Å²) in [6.45, 7) is 3.59. The predicted molar refractivity (Wildman–Crippen MR) is 84.3 cm³/mol. The fraction of sp³-hybridized carbons (Fsp3) is 0.429. The van der Waals surface area contributed by atoms with Crippen LogP contribution in [0, 0.1) is 0 Å². The highest BCUT2D eigenvalue weighted by Gasteiger charge is 2.26. The van der Waals surface area contributed by atoms with Gasteiger partial charge in [0.1, 0.15) is 5.38 Å². The van der Waals surface area contributed by atoms with Crippen LogP contribution >= 0.6 is 34.8 Å². The first-order valence-corrected chi connectivity index (χ1v) is 7.76. The maximum Gasteiger partial charge on any atom is 0.254 e. The summed E-state index contributed by atoms with van der Waals surface area (Å²) in [7, 11) is 0. The van der Waals surface area contributed by atoms with Gasteiger partial charge < -0.3 is 9.80 Å². The molecule has 0 aliphatic carbocycles. The van der Waals surface area contributed by atoms with Gasteiger partial charge in [-0.1, -0.05) is 23.2 Å². The molecule has 0 N–H and O–H groups in total. The van der Waals surface area contributed by atoms with Crippen LogP contribution < -0.4 is 0 Å². The Bertz CT molecular complexity index is 555. The Morgan fingerprint density at radius 2 is 1.62 bits per heavy atom. The summed E-state index contributed by atoms with van der Waals surface area (Å²) in [4.78, 5) is 27.5. The number of rotatable bonds is 2. The number of halogens is 3. The van der Waals surface area contributed by atoms with Crippen molar-refractivity contribution in [2.24, 2.45) is 0 Å². The second-order valence-corrected chi connectivity index (χ2v) is 6.33. The number of alkyl halides is 1. The van der Waals surface area contributed by atoms with Crippen molar-refractivity contribution in [2.75, 3.05) is 26.2 Å². The van der Waals surface area contributed by atoms with E-state index in [0.717, 1.165) is 0 Å². The average Bonchev–Trinajstić information content (AvgIpc) is 2.48. The fourth-order valence-electron chi connectivity index (χ4n) is 2.19. The van der Waals surface area contributed by atoms with Gasteiger partial charge in [-0.25, -0.2) is 0 Å². The molecule has 21 heavy (non-hydrogen) atoms. The summed E-state index contributed by atoms with van der Waals surface area (Å²) in [5.41, 5.74) is 0.495. The first kappa shape index (κ1) is 16.4. The zero-order chi connectivity index (χ0) is 15.6. The second-order valence-electron chi connectivity index (χ2n) is 4.86. The van der Waals surface area contributed by atoms with Gasteiger partial charge in [0, 0.05) is 31.7 Å². The third kappa shape index (κ3) is 3.82. The zero-order valence-corrected chi connectivity index (χ0v) is 13.8. The Morgan fingerprint density at radius 1 is 1.05 bits per heavy atom.